The van der Waals surface area contributed by atoms with Gasteiger partial charge in [-0.1, -0.05) is 6.07 Å². The van der Waals surface area contributed by atoms with Gasteiger partial charge in [-0.05, 0) is 34.6 Å². The van der Waals surface area contributed by atoms with E-state index in [1.54, 1.807) is 0 Å². The zero-order chi connectivity index (χ0) is 9.26. The monoisotopic (exact) mass is 239 g/mol. The van der Waals surface area contributed by atoms with E-state index in [9.17, 15) is 0 Å². The molecule has 0 bridgehead atoms. The van der Waals surface area contributed by atoms with Gasteiger partial charge in [-0.25, -0.2) is 4.98 Å². The summed E-state index contributed by atoms with van der Waals surface area (Å²) in [4.78, 5) is 4.42. The van der Waals surface area contributed by atoms with E-state index in [1.165, 1.54) is 0 Å². The predicted octanol–water partition coefficient (Wildman–Crippen LogP) is 1.60. The lowest BCUT2D eigenvalue weighted by atomic mass is 10.3. The summed E-state index contributed by atoms with van der Waals surface area (Å²) in [6, 6.07) is 5.93. The van der Waals surface area contributed by atoms with Gasteiger partial charge in [0.25, 0.3) is 0 Å². The summed E-state index contributed by atoms with van der Waals surface area (Å²) >= 11 is 3.45. The minimum absolute atomic E-state index is 0.640. The SMILES string of the molecule is NCCc1cn2c(Br)cccc2n1. The first-order valence-corrected chi connectivity index (χ1v) is 4.93. The van der Waals surface area contributed by atoms with Crippen molar-refractivity contribution in [1.82, 2.24) is 9.38 Å². The third-order valence-electron chi connectivity index (χ3n) is 1.89. The fraction of sp³-hybridized carbons (Fsp3) is 0.222. The first kappa shape index (κ1) is 8.72. The number of pyridine rings is 1. The molecule has 4 heteroatoms. The lowest BCUT2D eigenvalue weighted by Crippen LogP contribution is -2.02. The van der Waals surface area contributed by atoms with Gasteiger partial charge >= 0.3 is 0 Å². The van der Waals surface area contributed by atoms with Crippen LogP contribution in [0, 0.1) is 0 Å². The molecule has 0 unspecified atom stereocenters. The molecule has 13 heavy (non-hydrogen) atoms. The number of nitrogens with two attached hydrogens (primary N) is 1. The Morgan fingerprint density at radius 1 is 1.46 bits per heavy atom. The molecule has 0 saturated carbocycles. The standard InChI is InChI=1S/C9H10BrN3/c10-8-2-1-3-9-12-7(4-5-11)6-13(8)9/h1-3,6H,4-5,11H2. The number of halogens is 1. The molecular weight excluding hydrogens is 230 g/mol. The Balaban J connectivity index is 2.55. The maximum Gasteiger partial charge on any atom is 0.137 e. The molecule has 0 aliphatic carbocycles. The number of fused-ring (bicyclic) bond motifs is 1. The molecular formula is C9H10BrN3. The van der Waals surface area contributed by atoms with Gasteiger partial charge in [0.1, 0.15) is 5.65 Å². The topological polar surface area (TPSA) is 43.3 Å². The fourth-order valence-electron chi connectivity index (χ4n) is 1.30. The summed E-state index contributed by atoms with van der Waals surface area (Å²) in [6.07, 6.45) is 2.83. The number of nitrogens with zero attached hydrogens (tertiary/aromatic N) is 2. The number of rotatable bonds is 2. The minimum Gasteiger partial charge on any atom is -0.330 e. The van der Waals surface area contributed by atoms with Crippen LogP contribution in [0.15, 0.2) is 29.0 Å². The van der Waals surface area contributed by atoms with Crippen LogP contribution >= 0.6 is 15.9 Å². The molecule has 0 aliphatic heterocycles. The van der Waals surface area contributed by atoms with Crippen LogP contribution in [-0.2, 0) is 6.42 Å². The smallest absolute Gasteiger partial charge is 0.137 e. The summed E-state index contributed by atoms with van der Waals surface area (Å²) in [5, 5.41) is 0. The Kier molecular flexibility index (Phi) is 2.33. The van der Waals surface area contributed by atoms with Gasteiger partial charge in [0.15, 0.2) is 0 Å². The molecule has 0 atom stereocenters. The maximum atomic E-state index is 5.46. The lowest BCUT2D eigenvalue weighted by molar-refractivity contribution is 0.936. The van der Waals surface area contributed by atoms with Crippen LogP contribution in [0.4, 0.5) is 0 Å². The summed E-state index contributed by atoms with van der Waals surface area (Å²) in [6.45, 7) is 0.640. The molecule has 2 aromatic rings. The average molecular weight is 240 g/mol. The highest BCUT2D eigenvalue weighted by atomic mass is 79.9. The number of hydrogen-bond acceptors (Lipinski definition) is 2. The Morgan fingerprint density at radius 2 is 2.31 bits per heavy atom. The summed E-state index contributed by atoms with van der Waals surface area (Å²) in [5.41, 5.74) is 7.45. The molecule has 0 amide bonds. The molecule has 0 fully saturated rings. The van der Waals surface area contributed by atoms with Gasteiger partial charge in [0.2, 0.25) is 0 Å². The van der Waals surface area contributed by atoms with E-state index in [-0.39, 0.29) is 0 Å². The second-order valence-electron chi connectivity index (χ2n) is 2.85. The van der Waals surface area contributed by atoms with Gasteiger partial charge < -0.3 is 5.73 Å². The van der Waals surface area contributed by atoms with Crippen molar-refractivity contribution >= 4 is 21.6 Å². The highest BCUT2D eigenvalue weighted by molar-refractivity contribution is 9.10. The lowest BCUT2D eigenvalue weighted by Gasteiger charge is -1.93. The Hall–Kier alpha value is -0.870. The van der Waals surface area contributed by atoms with Crippen LogP contribution in [0.5, 0.6) is 0 Å². The third-order valence-corrected chi connectivity index (χ3v) is 2.54. The van der Waals surface area contributed by atoms with Gasteiger partial charge in [-0.3, -0.25) is 4.40 Å². The van der Waals surface area contributed by atoms with Crippen molar-refractivity contribution in [2.45, 2.75) is 6.42 Å². The third kappa shape index (κ3) is 1.59. The van der Waals surface area contributed by atoms with E-state index < -0.39 is 0 Å². The van der Waals surface area contributed by atoms with Crippen molar-refractivity contribution in [3.8, 4) is 0 Å². The molecule has 2 heterocycles. The largest absolute Gasteiger partial charge is 0.330 e. The van der Waals surface area contributed by atoms with Crippen molar-refractivity contribution in [2.75, 3.05) is 6.54 Å². The van der Waals surface area contributed by atoms with Gasteiger partial charge in [-0.2, -0.15) is 0 Å². The van der Waals surface area contributed by atoms with Crippen LogP contribution < -0.4 is 5.73 Å². The van der Waals surface area contributed by atoms with Crippen molar-refractivity contribution in [3.05, 3.63) is 34.7 Å². The molecule has 0 aliphatic rings. The first-order valence-electron chi connectivity index (χ1n) is 4.14. The van der Waals surface area contributed by atoms with Crippen molar-refractivity contribution in [3.63, 3.8) is 0 Å². The summed E-state index contributed by atoms with van der Waals surface area (Å²) in [5.74, 6) is 0. The van der Waals surface area contributed by atoms with Crippen LogP contribution in [0.25, 0.3) is 5.65 Å². The van der Waals surface area contributed by atoms with Crippen LogP contribution in [0.3, 0.4) is 0 Å². The molecule has 3 nitrogen and oxygen atoms in total. The molecule has 2 rings (SSSR count). The van der Waals surface area contributed by atoms with E-state index in [2.05, 4.69) is 20.9 Å². The first-order chi connectivity index (χ1) is 6.31. The normalized spacial score (nSPS) is 10.9. The van der Waals surface area contributed by atoms with Crippen LogP contribution in [-0.4, -0.2) is 15.9 Å². The Labute approximate surface area is 84.7 Å². The quantitative estimate of drug-likeness (QED) is 0.810. The highest BCUT2D eigenvalue weighted by Gasteiger charge is 2.01. The van der Waals surface area contributed by atoms with Crippen LogP contribution in [0.2, 0.25) is 0 Å². The second kappa shape index (κ2) is 3.47. The zero-order valence-electron chi connectivity index (χ0n) is 7.07. The van der Waals surface area contributed by atoms with E-state index >= 15 is 0 Å². The predicted molar refractivity (Wildman–Crippen MR) is 55.7 cm³/mol. The number of hydrogen-bond donors (Lipinski definition) is 1. The summed E-state index contributed by atoms with van der Waals surface area (Å²) < 4.78 is 3.02. The highest BCUT2D eigenvalue weighted by Crippen LogP contribution is 2.13. The van der Waals surface area contributed by atoms with Gasteiger partial charge in [0, 0.05) is 12.6 Å². The molecule has 68 valence electrons. The van der Waals surface area contributed by atoms with E-state index in [0.717, 1.165) is 22.4 Å². The number of imidazole rings is 1. The van der Waals surface area contributed by atoms with Gasteiger partial charge in [0.05, 0.1) is 10.3 Å². The van der Waals surface area contributed by atoms with E-state index in [1.807, 2.05) is 28.8 Å². The molecule has 2 N–H and O–H groups in total. The molecule has 0 radical (unpaired) electrons. The van der Waals surface area contributed by atoms with E-state index in [0.29, 0.717) is 6.54 Å². The van der Waals surface area contributed by atoms with Crippen molar-refractivity contribution in [2.24, 2.45) is 5.73 Å². The van der Waals surface area contributed by atoms with E-state index in [4.69, 9.17) is 5.73 Å². The van der Waals surface area contributed by atoms with Crippen molar-refractivity contribution in [1.29, 1.82) is 0 Å². The Morgan fingerprint density at radius 3 is 3.00 bits per heavy atom. The Bertz CT molecular complexity index is 422. The molecule has 0 aromatic carbocycles. The zero-order valence-corrected chi connectivity index (χ0v) is 8.66. The maximum absolute atomic E-state index is 5.46. The minimum atomic E-state index is 0.640. The molecule has 0 saturated heterocycles. The summed E-state index contributed by atoms with van der Waals surface area (Å²) in [7, 11) is 0. The average Bonchev–Trinajstić information content (AvgIpc) is 2.49. The number of aromatic nitrogens is 2. The van der Waals surface area contributed by atoms with Crippen molar-refractivity contribution < 1.29 is 0 Å². The van der Waals surface area contributed by atoms with Gasteiger partial charge in [-0.15, -0.1) is 0 Å². The fourth-order valence-corrected chi connectivity index (χ4v) is 1.73. The second-order valence-corrected chi connectivity index (χ2v) is 3.66. The molecule has 2 aromatic heterocycles. The van der Waals surface area contributed by atoms with Crippen LogP contribution in [0.1, 0.15) is 5.69 Å². The molecule has 0 spiro atoms.